The summed E-state index contributed by atoms with van der Waals surface area (Å²) < 4.78 is 4.79. The van der Waals surface area contributed by atoms with Crippen LogP contribution >= 0.6 is 11.6 Å². The van der Waals surface area contributed by atoms with Gasteiger partial charge in [-0.15, -0.1) is 0 Å². The van der Waals surface area contributed by atoms with Crippen molar-refractivity contribution >= 4 is 40.5 Å². The Balaban J connectivity index is 2.18. The maximum absolute atomic E-state index is 12.5. The van der Waals surface area contributed by atoms with Gasteiger partial charge < -0.3 is 15.4 Å². The Morgan fingerprint density at radius 3 is 2.52 bits per heavy atom. The number of nitro groups is 1. The molecule has 0 saturated carbocycles. The Hall–Kier alpha value is -3.13. The van der Waals surface area contributed by atoms with Crippen molar-refractivity contribution in [2.45, 2.75) is 13.3 Å². The number of halogens is 1. The first kappa shape index (κ1) is 20.2. The van der Waals surface area contributed by atoms with Crippen LogP contribution in [0.15, 0.2) is 42.5 Å². The Morgan fingerprint density at radius 2 is 1.89 bits per heavy atom. The van der Waals surface area contributed by atoms with E-state index in [0.717, 1.165) is 0 Å². The summed E-state index contributed by atoms with van der Waals surface area (Å²) in [6.07, 6.45) is 0.00839. The lowest BCUT2D eigenvalue weighted by molar-refractivity contribution is -0.384. The number of carbonyl (C=O) groups excluding carboxylic acids is 2. The van der Waals surface area contributed by atoms with E-state index < -0.39 is 16.8 Å². The second-order valence-electron chi connectivity index (χ2n) is 5.43. The first-order chi connectivity index (χ1) is 12.9. The molecular weight excluding hydrogens is 374 g/mol. The molecule has 0 fully saturated rings. The highest BCUT2D eigenvalue weighted by atomic mass is 35.5. The molecule has 8 nitrogen and oxygen atoms in total. The zero-order valence-corrected chi connectivity index (χ0v) is 15.3. The highest BCUT2D eigenvalue weighted by Gasteiger charge is 2.17. The van der Waals surface area contributed by atoms with Crippen molar-refractivity contribution in [2.24, 2.45) is 0 Å². The number of benzene rings is 2. The van der Waals surface area contributed by atoms with Gasteiger partial charge in [0.05, 0.1) is 29.2 Å². The molecule has 2 N–H and O–H groups in total. The molecule has 0 aliphatic rings. The minimum absolute atomic E-state index is 0.00839. The van der Waals surface area contributed by atoms with Crippen LogP contribution in [0, 0.1) is 10.1 Å². The summed E-state index contributed by atoms with van der Waals surface area (Å²) in [5.41, 5.74) is 0.917. The lowest BCUT2D eigenvalue weighted by Gasteiger charge is -2.12. The second-order valence-corrected chi connectivity index (χ2v) is 5.87. The Bertz CT molecular complexity index is 839. The van der Waals surface area contributed by atoms with Crippen LogP contribution in [0.4, 0.5) is 17.1 Å². The largest absolute Gasteiger partial charge is 0.466 e. The van der Waals surface area contributed by atoms with Gasteiger partial charge in [-0.2, -0.15) is 0 Å². The molecule has 0 aliphatic carbocycles. The van der Waals surface area contributed by atoms with E-state index in [-0.39, 0.29) is 30.8 Å². The van der Waals surface area contributed by atoms with Crippen molar-refractivity contribution in [3.8, 4) is 0 Å². The topological polar surface area (TPSA) is 111 Å². The van der Waals surface area contributed by atoms with Gasteiger partial charge in [0, 0.05) is 29.4 Å². The smallest absolute Gasteiger partial charge is 0.307 e. The van der Waals surface area contributed by atoms with Crippen LogP contribution in [-0.4, -0.2) is 30.0 Å². The molecule has 0 bridgehead atoms. The van der Waals surface area contributed by atoms with Gasteiger partial charge >= 0.3 is 5.97 Å². The van der Waals surface area contributed by atoms with Crippen LogP contribution in [0.25, 0.3) is 0 Å². The summed E-state index contributed by atoms with van der Waals surface area (Å²) in [5, 5.41) is 17.2. The van der Waals surface area contributed by atoms with Gasteiger partial charge in [-0.25, -0.2) is 0 Å². The van der Waals surface area contributed by atoms with E-state index in [1.54, 1.807) is 31.2 Å². The molecule has 27 heavy (non-hydrogen) atoms. The molecule has 9 heteroatoms. The van der Waals surface area contributed by atoms with E-state index in [0.29, 0.717) is 16.4 Å². The first-order valence-electron chi connectivity index (χ1n) is 8.15. The molecule has 2 aromatic carbocycles. The SMILES string of the molecule is CCOC(=O)CCNC(=O)c1cc([N+](=O)[O-])ccc1Nc1ccc(Cl)cc1. The minimum Gasteiger partial charge on any atom is -0.466 e. The van der Waals surface area contributed by atoms with E-state index in [2.05, 4.69) is 10.6 Å². The van der Waals surface area contributed by atoms with Crippen LogP contribution in [-0.2, 0) is 9.53 Å². The van der Waals surface area contributed by atoms with Crippen LogP contribution in [0.3, 0.4) is 0 Å². The molecule has 2 aromatic rings. The lowest BCUT2D eigenvalue weighted by Crippen LogP contribution is -2.27. The van der Waals surface area contributed by atoms with Crippen molar-refractivity contribution < 1.29 is 19.2 Å². The first-order valence-corrected chi connectivity index (χ1v) is 8.53. The van der Waals surface area contributed by atoms with Gasteiger partial charge in [-0.3, -0.25) is 19.7 Å². The third-order valence-corrected chi connectivity index (χ3v) is 3.75. The lowest BCUT2D eigenvalue weighted by atomic mass is 10.1. The number of carbonyl (C=O) groups is 2. The molecule has 0 aromatic heterocycles. The van der Waals surface area contributed by atoms with Gasteiger partial charge in [0.15, 0.2) is 0 Å². The van der Waals surface area contributed by atoms with Crippen LogP contribution < -0.4 is 10.6 Å². The van der Waals surface area contributed by atoms with Gasteiger partial charge in [-0.05, 0) is 37.3 Å². The van der Waals surface area contributed by atoms with Gasteiger partial charge in [-0.1, -0.05) is 11.6 Å². The number of nitro benzene ring substituents is 1. The van der Waals surface area contributed by atoms with Gasteiger partial charge in [0.2, 0.25) is 0 Å². The number of amides is 1. The number of hydrogen-bond acceptors (Lipinski definition) is 6. The molecule has 142 valence electrons. The van der Waals surface area contributed by atoms with E-state index in [4.69, 9.17) is 16.3 Å². The molecule has 0 aliphatic heterocycles. The summed E-state index contributed by atoms with van der Waals surface area (Å²) in [5.74, 6) is -0.976. The number of non-ortho nitro benzene ring substituents is 1. The average Bonchev–Trinajstić information content (AvgIpc) is 2.64. The standard InChI is InChI=1S/C18H18ClN3O5/c1-2-27-17(23)9-10-20-18(24)15-11-14(22(25)26)7-8-16(15)21-13-5-3-12(19)4-6-13/h3-8,11,21H,2,9-10H2,1H3,(H,20,24). The van der Waals surface area contributed by atoms with E-state index >= 15 is 0 Å². The zero-order chi connectivity index (χ0) is 19.8. The fourth-order valence-electron chi connectivity index (χ4n) is 2.24. The summed E-state index contributed by atoms with van der Waals surface area (Å²) in [6, 6.07) is 10.7. The van der Waals surface area contributed by atoms with Gasteiger partial charge in [0.1, 0.15) is 0 Å². The van der Waals surface area contributed by atoms with E-state index in [9.17, 15) is 19.7 Å². The highest BCUT2D eigenvalue weighted by Crippen LogP contribution is 2.26. The highest BCUT2D eigenvalue weighted by molar-refractivity contribution is 6.30. The number of anilines is 2. The molecule has 0 saturated heterocycles. The second kappa shape index (κ2) is 9.54. The molecule has 0 unspecified atom stereocenters. The molecule has 0 atom stereocenters. The summed E-state index contributed by atoms with van der Waals surface area (Å²) in [4.78, 5) is 34.3. The summed E-state index contributed by atoms with van der Waals surface area (Å²) in [6.45, 7) is 2.00. The monoisotopic (exact) mass is 391 g/mol. The normalized spacial score (nSPS) is 10.1. The summed E-state index contributed by atoms with van der Waals surface area (Å²) >= 11 is 5.85. The third kappa shape index (κ3) is 5.96. The van der Waals surface area contributed by atoms with E-state index in [1.807, 2.05) is 0 Å². The van der Waals surface area contributed by atoms with Gasteiger partial charge in [0.25, 0.3) is 11.6 Å². The Morgan fingerprint density at radius 1 is 1.19 bits per heavy atom. The Kier molecular flexibility index (Phi) is 7.13. The fraction of sp³-hybridized carbons (Fsp3) is 0.222. The number of nitrogens with one attached hydrogen (secondary N) is 2. The maximum atomic E-state index is 12.5. The number of rotatable bonds is 8. The quantitative estimate of drug-likeness (QED) is 0.403. The molecular formula is C18H18ClN3O5. The number of ether oxygens (including phenoxy) is 1. The zero-order valence-electron chi connectivity index (χ0n) is 14.5. The molecule has 1 amide bonds. The average molecular weight is 392 g/mol. The number of hydrogen-bond donors (Lipinski definition) is 2. The van der Waals surface area contributed by atoms with Crippen LogP contribution in [0.5, 0.6) is 0 Å². The predicted molar refractivity (Wildman–Crippen MR) is 101 cm³/mol. The van der Waals surface area contributed by atoms with Crippen molar-refractivity contribution in [1.29, 1.82) is 0 Å². The molecule has 0 radical (unpaired) electrons. The molecule has 0 heterocycles. The third-order valence-electron chi connectivity index (χ3n) is 3.50. The minimum atomic E-state index is -0.582. The van der Waals surface area contributed by atoms with E-state index in [1.165, 1.54) is 18.2 Å². The van der Waals surface area contributed by atoms with Crippen molar-refractivity contribution in [3.63, 3.8) is 0 Å². The van der Waals surface area contributed by atoms with Crippen molar-refractivity contribution in [1.82, 2.24) is 5.32 Å². The molecule has 2 rings (SSSR count). The summed E-state index contributed by atoms with van der Waals surface area (Å²) in [7, 11) is 0. The number of nitrogens with zero attached hydrogens (tertiary/aromatic N) is 1. The van der Waals surface area contributed by atoms with Crippen LogP contribution in [0.1, 0.15) is 23.7 Å². The fourth-order valence-corrected chi connectivity index (χ4v) is 2.36. The molecule has 0 spiro atoms. The number of esters is 1. The Labute approximate surface area is 160 Å². The van der Waals surface area contributed by atoms with Crippen molar-refractivity contribution in [3.05, 3.63) is 63.2 Å². The predicted octanol–water partition coefficient (Wildman–Crippen LogP) is 3.67. The van der Waals surface area contributed by atoms with Crippen LogP contribution in [0.2, 0.25) is 5.02 Å². The van der Waals surface area contributed by atoms with Crippen molar-refractivity contribution in [2.75, 3.05) is 18.5 Å². The maximum Gasteiger partial charge on any atom is 0.307 e.